The van der Waals surface area contributed by atoms with Crippen molar-refractivity contribution in [3.63, 3.8) is 0 Å². The second-order valence-electron chi connectivity index (χ2n) is 4.03. The first-order valence-corrected chi connectivity index (χ1v) is 5.52. The number of hydrogen-bond acceptors (Lipinski definition) is 6. The first kappa shape index (κ1) is 16.4. The van der Waals surface area contributed by atoms with Crippen molar-refractivity contribution in [1.82, 2.24) is 0 Å². The number of hydrogen-bond donors (Lipinski definition) is 2. The first-order chi connectivity index (χ1) is 8.22. The van der Waals surface area contributed by atoms with E-state index >= 15 is 0 Å². The number of carbonyl (C=O) groups excluding carboxylic acids is 2. The Labute approximate surface area is 105 Å². The fraction of sp³-hybridized carbons (Fsp3) is 0.727. The topological polar surface area (TPSA) is 110 Å². The minimum atomic E-state index is -1.25. The molecule has 0 aliphatic rings. The fourth-order valence-corrected chi connectivity index (χ4v) is 1.09. The molecule has 0 fully saturated rings. The Hall–Kier alpha value is -1.63. The van der Waals surface area contributed by atoms with Gasteiger partial charge in [0.05, 0.1) is 18.9 Å². The van der Waals surface area contributed by atoms with E-state index in [1.165, 1.54) is 20.8 Å². The van der Waals surface area contributed by atoms with Gasteiger partial charge in [0.1, 0.15) is 6.10 Å². The number of esters is 2. The van der Waals surface area contributed by atoms with E-state index in [4.69, 9.17) is 14.9 Å². The van der Waals surface area contributed by atoms with Crippen molar-refractivity contribution < 1.29 is 34.1 Å². The highest BCUT2D eigenvalue weighted by Crippen LogP contribution is 2.05. The third-order valence-corrected chi connectivity index (χ3v) is 1.90. The van der Waals surface area contributed by atoms with Crippen LogP contribution in [0.2, 0.25) is 0 Å². The van der Waals surface area contributed by atoms with E-state index in [-0.39, 0.29) is 12.8 Å². The summed E-state index contributed by atoms with van der Waals surface area (Å²) in [6.07, 6.45) is -3.18. The molecule has 3 atom stereocenters. The number of carbonyl (C=O) groups is 3. The van der Waals surface area contributed by atoms with Gasteiger partial charge in [-0.3, -0.25) is 9.59 Å². The third kappa shape index (κ3) is 7.61. The van der Waals surface area contributed by atoms with Gasteiger partial charge < -0.3 is 19.7 Å². The molecule has 0 bridgehead atoms. The van der Waals surface area contributed by atoms with E-state index in [9.17, 15) is 14.4 Å². The summed E-state index contributed by atoms with van der Waals surface area (Å²) >= 11 is 0. The van der Waals surface area contributed by atoms with E-state index in [0.29, 0.717) is 0 Å². The molecule has 0 radical (unpaired) electrons. The van der Waals surface area contributed by atoms with Gasteiger partial charge in [-0.1, -0.05) is 0 Å². The van der Waals surface area contributed by atoms with Crippen LogP contribution >= 0.6 is 0 Å². The largest absolute Gasteiger partial charge is 0.479 e. The Morgan fingerprint density at radius 1 is 1.00 bits per heavy atom. The molecule has 0 unspecified atom stereocenters. The van der Waals surface area contributed by atoms with Gasteiger partial charge in [0.2, 0.25) is 0 Å². The molecule has 0 saturated carbocycles. The van der Waals surface area contributed by atoms with E-state index < -0.39 is 36.2 Å². The molecular weight excluding hydrogens is 244 g/mol. The van der Waals surface area contributed by atoms with Crippen molar-refractivity contribution in [2.45, 2.75) is 51.9 Å². The maximum atomic E-state index is 11.2. The number of carboxylic acids is 1. The highest BCUT2D eigenvalue weighted by atomic mass is 16.6. The standard InChI is InChI=1S/C11H18O7/c1-6(12)4-9(13)17-7(2)5-10(14)18-8(3)11(15)16/h6-8,12H,4-5H2,1-3H3,(H,15,16)/t6-,7-,8-/m1/s1. The lowest BCUT2D eigenvalue weighted by Gasteiger charge is -2.14. The highest BCUT2D eigenvalue weighted by Gasteiger charge is 2.20. The summed E-state index contributed by atoms with van der Waals surface area (Å²) < 4.78 is 9.39. The van der Waals surface area contributed by atoms with E-state index in [1.54, 1.807) is 0 Å². The van der Waals surface area contributed by atoms with Gasteiger partial charge in [-0.15, -0.1) is 0 Å². The van der Waals surface area contributed by atoms with Gasteiger partial charge in [0.15, 0.2) is 6.10 Å². The summed E-state index contributed by atoms with van der Waals surface area (Å²) in [6, 6.07) is 0. The molecule has 104 valence electrons. The van der Waals surface area contributed by atoms with Gasteiger partial charge in [-0.2, -0.15) is 0 Å². The van der Waals surface area contributed by atoms with Crippen LogP contribution in [0, 0.1) is 0 Å². The van der Waals surface area contributed by atoms with Gasteiger partial charge in [-0.25, -0.2) is 4.79 Å². The quantitative estimate of drug-likeness (QED) is 0.626. The predicted octanol–water partition coefficient (Wildman–Crippen LogP) is 0.0954. The minimum absolute atomic E-state index is 0.162. The second kappa shape index (κ2) is 7.65. The van der Waals surface area contributed by atoms with Crippen LogP contribution in [0.1, 0.15) is 33.6 Å². The Bertz CT molecular complexity index is 311. The van der Waals surface area contributed by atoms with Gasteiger partial charge >= 0.3 is 17.9 Å². The molecule has 0 amide bonds. The number of carboxylic acid groups (broad SMARTS) is 1. The summed E-state index contributed by atoms with van der Waals surface area (Å²) in [7, 11) is 0. The van der Waals surface area contributed by atoms with Crippen molar-refractivity contribution in [3.05, 3.63) is 0 Å². The molecule has 0 aromatic rings. The zero-order chi connectivity index (χ0) is 14.3. The van der Waals surface area contributed by atoms with Crippen molar-refractivity contribution in [2.24, 2.45) is 0 Å². The van der Waals surface area contributed by atoms with E-state index in [2.05, 4.69) is 4.74 Å². The van der Waals surface area contributed by atoms with E-state index in [1.807, 2.05) is 0 Å². The van der Waals surface area contributed by atoms with Crippen LogP contribution in [0.5, 0.6) is 0 Å². The summed E-state index contributed by atoms with van der Waals surface area (Å²) in [5.41, 5.74) is 0. The maximum Gasteiger partial charge on any atom is 0.344 e. The molecular formula is C11H18O7. The number of rotatable bonds is 7. The minimum Gasteiger partial charge on any atom is -0.479 e. The van der Waals surface area contributed by atoms with Gasteiger partial charge in [-0.05, 0) is 20.8 Å². The van der Waals surface area contributed by atoms with Crippen LogP contribution in [0.4, 0.5) is 0 Å². The van der Waals surface area contributed by atoms with Crippen molar-refractivity contribution in [2.75, 3.05) is 0 Å². The Morgan fingerprint density at radius 3 is 1.94 bits per heavy atom. The van der Waals surface area contributed by atoms with Crippen molar-refractivity contribution in [1.29, 1.82) is 0 Å². The smallest absolute Gasteiger partial charge is 0.344 e. The fourth-order valence-electron chi connectivity index (χ4n) is 1.09. The Kier molecular flexibility index (Phi) is 6.96. The zero-order valence-electron chi connectivity index (χ0n) is 10.6. The molecule has 0 aliphatic heterocycles. The summed E-state index contributed by atoms with van der Waals surface area (Å²) in [5.74, 6) is -2.64. The number of aliphatic hydroxyl groups is 1. The average Bonchev–Trinajstić information content (AvgIpc) is 2.14. The molecule has 7 heteroatoms. The lowest BCUT2D eigenvalue weighted by Crippen LogP contribution is -2.27. The molecule has 0 spiro atoms. The molecule has 18 heavy (non-hydrogen) atoms. The SMILES string of the molecule is C[C@H](CC(=O)O[C@H](C)C(=O)O)OC(=O)C[C@@H](C)O. The molecule has 0 heterocycles. The van der Waals surface area contributed by atoms with Crippen molar-refractivity contribution >= 4 is 17.9 Å². The lowest BCUT2D eigenvalue weighted by molar-refractivity contribution is -0.166. The van der Waals surface area contributed by atoms with Crippen LogP contribution < -0.4 is 0 Å². The Morgan fingerprint density at radius 2 is 1.50 bits per heavy atom. The van der Waals surface area contributed by atoms with Crippen LogP contribution in [0.3, 0.4) is 0 Å². The average molecular weight is 262 g/mol. The summed E-state index contributed by atoms with van der Waals surface area (Å²) in [6.45, 7) is 4.14. The van der Waals surface area contributed by atoms with Crippen molar-refractivity contribution in [3.8, 4) is 0 Å². The summed E-state index contributed by atoms with van der Waals surface area (Å²) in [4.78, 5) is 32.8. The zero-order valence-corrected chi connectivity index (χ0v) is 10.6. The molecule has 2 N–H and O–H groups in total. The molecule has 0 aliphatic carbocycles. The predicted molar refractivity (Wildman–Crippen MR) is 59.7 cm³/mol. The van der Waals surface area contributed by atoms with Crippen LogP contribution in [0.15, 0.2) is 0 Å². The number of aliphatic hydroxyl groups excluding tert-OH is 1. The van der Waals surface area contributed by atoms with E-state index in [0.717, 1.165) is 0 Å². The maximum absolute atomic E-state index is 11.2. The molecule has 0 rings (SSSR count). The van der Waals surface area contributed by atoms with Crippen LogP contribution in [-0.4, -0.2) is 46.4 Å². The molecule has 7 nitrogen and oxygen atoms in total. The molecule has 0 aromatic heterocycles. The normalized spacial score (nSPS) is 15.3. The monoisotopic (exact) mass is 262 g/mol. The number of ether oxygens (including phenoxy) is 2. The van der Waals surface area contributed by atoms with Gasteiger partial charge in [0.25, 0.3) is 0 Å². The number of aliphatic carboxylic acids is 1. The van der Waals surface area contributed by atoms with Gasteiger partial charge in [0, 0.05) is 0 Å². The second-order valence-corrected chi connectivity index (χ2v) is 4.03. The summed E-state index contributed by atoms with van der Waals surface area (Å²) in [5, 5.41) is 17.5. The molecule has 0 aromatic carbocycles. The lowest BCUT2D eigenvalue weighted by atomic mass is 10.2. The van der Waals surface area contributed by atoms with Crippen LogP contribution in [-0.2, 0) is 23.9 Å². The molecule has 0 saturated heterocycles. The Balaban J connectivity index is 4.01. The first-order valence-electron chi connectivity index (χ1n) is 5.52. The highest BCUT2D eigenvalue weighted by molar-refractivity contribution is 5.78. The third-order valence-electron chi connectivity index (χ3n) is 1.90. The van der Waals surface area contributed by atoms with Crippen LogP contribution in [0.25, 0.3) is 0 Å².